The van der Waals surface area contributed by atoms with Crippen LogP contribution in [0.2, 0.25) is 0 Å². The second-order valence-corrected chi connectivity index (χ2v) is 8.77. The van der Waals surface area contributed by atoms with E-state index in [1.165, 1.54) is 16.7 Å². The number of aliphatic imine (C=N–C) groups is 1. The zero-order valence-electron chi connectivity index (χ0n) is 20.6. The van der Waals surface area contributed by atoms with Gasteiger partial charge in [0, 0.05) is 44.7 Å². The molecule has 1 aliphatic heterocycles. The number of guanidine groups is 1. The van der Waals surface area contributed by atoms with Crippen molar-refractivity contribution in [3.8, 4) is 5.75 Å². The van der Waals surface area contributed by atoms with Crippen molar-refractivity contribution in [3.63, 3.8) is 0 Å². The van der Waals surface area contributed by atoms with E-state index in [0.29, 0.717) is 19.2 Å². The fraction of sp³-hybridized carbons (Fsp3) is 0.500. The highest BCUT2D eigenvalue weighted by molar-refractivity contribution is 14.0. The van der Waals surface area contributed by atoms with Gasteiger partial charge < -0.3 is 20.1 Å². The molecule has 3 rings (SSSR count). The minimum Gasteiger partial charge on any atom is -0.488 e. The normalized spacial score (nSPS) is 16.1. The standard InChI is InChI=1S/C26H38N4O2.HI/c1-19(2)30(5)17-23-9-7-6-8-21(23)15-28-26(27-4)29-16-22-11-10-20(3)14-25(22)32-24-12-13-31-18-24;/h6-11,14,19,24H,12-13,15-18H2,1-5H3,(H2,27,28,29);1H. The van der Waals surface area contributed by atoms with Crippen LogP contribution in [0.4, 0.5) is 0 Å². The summed E-state index contributed by atoms with van der Waals surface area (Å²) in [5.74, 6) is 1.69. The summed E-state index contributed by atoms with van der Waals surface area (Å²) in [6.45, 7) is 10.2. The van der Waals surface area contributed by atoms with Gasteiger partial charge in [-0.2, -0.15) is 0 Å². The smallest absolute Gasteiger partial charge is 0.191 e. The van der Waals surface area contributed by atoms with Crippen LogP contribution in [0.3, 0.4) is 0 Å². The van der Waals surface area contributed by atoms with E-state index >= 15 is 0 Å². The average Bonchev–Trinajstić information content (AvgIpc) is 3.29. The molecule has 7 heteroatoms. The van der Waals surface area contributed by atoms with E-state index in [2.05, 4.69) is 90.8 Å². The van der Waals surface area contributed by atoms with Crippen LogP contribution in [0.5, 0.6) is 5.75 Å². The molecule has 0 aromatic heterocycles. The summed E-state index contributed by atoms with van der Waals surface area (Å²) in [6, 6.07) is 15.4. The number of rotatable bonds is 9. The molecule has 2 aromatic carbocycles. The summed E-state index contributed by atoms with van der Waals surface area (Å²) < 4.78 is 11.7. The highest BCUT2D eigenvalue weighted by atomic mass is 127. The van der Waals surface area contributed by atoms with Gasteiger partial charge in [0.05, 0.1) is 13.2 Å². The molecule has 2 N–H and O–H groups in total. The Morgan fingerprint density at radius 1 is 1.12 bits per heavy atom. The predicted octanol–water partition coefficient (Wildman–Crippen LogP) is 4.49. The molecule has 6 nitrogen and oxygen atoms in total. The molecule has 1 unspecified atom stereocenters. The van der Waals surface area contributed by atoms with Crippen LogP contribution in [0, 0.1) is 6.92 Å². The van der Waals surface area contributed by atoms with E-state index in [9.17, 15) is 0 Å². The van der Waals surface area contributed by atoms with Crippen LogP contribution < -0.4 is 15.4 Å². The van der Waals surface area contributed by atoms with Gasteiger partial charge in [-0.15, -0.1) is 24.0 Å². The number of hydrogen-bond acceptors (Lipinski definition) is 4. The van der Waals surface area contributed by atoms with Crippen molar-refractivity contribution in [2.24, 2.45) is 4.99 Å². The quantitative estimate of drug-likeness (QED) is 0.266. The van der Waals surface area contributed by atoms with E-state index in [1.54, 1.807) is 7.05 Å². The van der Waals surface area contributed by atoms with E-state index in [4.69, 9.17) is 9.47 Å². The molecule has 33 heavy (non-hydrogen) atoms. The maximum atomic E-state index is 6.22. The van der Waals surface area contributed by atoms with Gasteiger partial charge in [-0.25, -0.2) is 0 Å². The molecule has 182 valence electrons. The summed E-state index contributed by atoms with van der Waals surface area (Å²) in [4.78, 5) is 6.76. The van der Waals surface area contributed by atoms with Crippen molar-refractivity contribution in [2.45, 2.75) is 59.0 Å². The van der Waals surface area contributed by atoms with Crippen molar-refractivity contribution in [1.82, 2.24) is 15.5 Å². The van der Waals surface area contributed by atoms with Crippen LogP contribution in [0.15, 0.2) is 47.5 Å². The topological polar surface area (TPSA) is 58.1 Å². The van der Waals surface area contributed by atoms with Crippen molar-refractivity contribution >= 4 is 29.9 Å². The summed E-state index contributed by atoms with van der Waals surface area (Å²) in [5.41, 5.74) is 4.92. The summed E-state index contributed by atoms with van der Waals surface area (Å²) in [5, 5.41) is 6.90. The van der Waals surface area contributed by atoms with Gasteiger partial charge in [0.2, 0.25) is 0 Å². The number of aryl methyl sites for hydroxylation is 1. The Labute approximate surface area is 216 Å². The van der Waals surface area contributed by atoms with E-state index in [0.717, 1.165) is 43.4 Å². The van der Waals surface area contributed by atoms with Crippen LogP contribution in [-0.2, 0) is 24.4 Å². The van der Waals surface area contributed by atoms with Gasteiger partial charge in [0.1, 0.15) is 11.9 Å². The summed E-state index contributed by atoms with van der Waals surface area (Å²) >= 11 is 0. The average molecular weight is 567 g/mol. The highest BCUT2D eigenvalue weighted by Crippen LogP contribution is 2.23. The Morgan fingerprint density at radius 3 is 2.45 bits per heavy atom. The lowest BCUT2D eigenvalue weighted by Crippen LogP contribution is -2.37. The van der Waals surface area contributed by atoms with Gasteiger partial charge in [-0.05, 0) is 50.6 Å². The molecular formula is C26H39IN4O2. The zero-order valence-corrected chi connectivity index (χ0v) is 22.9. The molecule has 0 spiro atoms. The monoisotopic (exact) mass is 566 g/mol. The Balaban J connectivity index is 0.00000385. The third kappa shape index (κ3) is 8.46. The second kappa shape index (κ2) is 13.8. The molecule has 2 aromatic rings. The first-order valence-electron chi connectivity index (χ1n) is 11.5. The minimum atomic E-state index is 0. The third-order valence-electron chi connectivity index (χ3n) is 5.94. The molecule has 1 aliphatic rings. The van der Waals surface area contributed by atoms with Crippen LogP contribution in [-0.4, -0.2) is 50.3 Å². The van der Waals surface area contributed by atoms with Crippen molar-refractivity contribution in [3.05, 3.63) is 64.7 Å². The lowest BCUT2D eigenvalue weighted by molar-refractivity contribution is 0.140. The molecule has 1 heterocycles. The number of benzene rings is 2. The van der Waals surface area contributed by atoms with Crippen LogP contribution >= 0.6 is 24.0 Å². The number of hydrogen-bond donors (Lipinski definition) is 2. The minimum absolute atomic E-state index is 0. The van der Waals surface area contributed by atoms with Crippen LogP contribution in [0.1, 0.15) is 42.5 Å². The van der Waals surface area contributed by atoms with Gasteiger partial charge in [-0.1, -0.05) is 36.4 Å². The van der Waals surface area contributed by atoms with E-state index in [1.807, 2.05) is 0 Å². The molecule has 0 radical (unpaired) electrons. The second-order valence-electron chi connectivity index (χ2n) is 8.77. The van der Waals surface area contributed by atoms with Gasteiger partial charge in [-0.3, -0.25) is 9.89 Å². The molecule has 1 atom stereocenters. The Morgan fingerprint density at radius 2 is 1.82 bits per heavy atom. The fourth-order valence-electron chi connectivity index (χ4n) is 3.62. The third-order valence-corrected chi connectivity index (χ3v) is 5.94. The van der Waals surface area contributed by atoms with Crippen molar-refractivity contribution in [1.29, 1.82) is 0 Å². The van der Waals surface area contributed by atoms with Crippen molar-refractivity contribution in [2.75, 3.05) is 27.3 Å². The summed E-state index contributed by atoms with van der Waals surface area (Å²) in [6.07, 6.45) is 1.07. The molecular weight excluding hydrogens is 527 g/mol. The largest absolute Gasteiger partial charge is 0.488 e. The highest BCUT2D eigenvalue weighted by Gasteiger charge is 2.19. The molecule has 1 fully saturated rings. The number of halogens is 1. The Kier molecular flexibility index (Phi) is 11.4. The predicted molar refractivity (Wildman–Crippen MR) is 147 cm³/mol. The summed E-state index contributed by atoms with van der Waals surface area (Å²) in [7, 11) is 3.96. The SMILES string of the molecule is CN=C(NCc1ccccc1CN(C)C(C)C)NCc1ccc(C)cc1OC1CCOC1.I. The number of nitrogens with one attached hydrogen (secondary N) is 2. The molecule has 0 saturated carbocycles. The lowest BCUT2D eigenvalue weighted by atomic mass is 10.1. The van der Waals surface area contributed by atoms with Crippen LogP contribution in [0.25, 0.3) is 0 Å². The lowest BCUT2D eigenvalue weighted by Gasteiger charge is -2.23. The maximum absolute atomic E-state index is 6.22. The van der Waals surface area contributed by atoms with Gasteiger partial charge >= 0.3 is 0 Å². The van der Waals surface area contributed by atoms with Gasteiger partial charge in [0.25, 0.3) is 0 Å². The fourth-order valence-corrected chi connectivity index (χ4v) is 3.62. The molecule has 0 amide bonds. The zero-order chi connectivity index (χ0) is 22.9. The first-order chi connectivity index (χ1) is 15.5. The van der Waals surface area contributed by atoms with Crippen molar-refractivity contribution < 1.29 is 9.47 Å². The van der Waals surface area contributed by atoms with Gasteiger partial charge in [0.15, 0.2) is 5.96 Å². The molecule has 0 aliphatic carbocycles. The van der Waals surface area contributed by atoms with E-state index in [-0.39, 0.29) is 30.1 Å². The Bertz CT molecular complexity index is 898. The first kappa shape index (κ1) is 27.4. The Hall–Kier alpha value is -1.84. The molecule has 1 saturated heterocycles. The number of nitrogens with zero attached hydrogens (tertiary/aromatic N) is 2. The number of ether oxygens (including phenoxy) is 2. The molecule has 0 bridgehead atoms. The maximum Gasteiger partial charge on any atom is 0.191 e. The van der Waals surface area contributed by atoms with E-state index < -0.39 is 0 Å². The first-order valence-corrected chi connectivity index (χ1v) is 11.5.